The number of pyridine rings is 1. The summed E-state index contributed by atoms with van der Waals surface area (Å²) in [4.78, 5) is 39.2. The van der Waals surface area contributed by atoms with Crippen molar-refractivity contribution in [3.05, 3.63) is 97.3 Å². The van der Waals surface area contributed by atoms with E-state index in [0.29, 0.717) is 0 Å². The van der Waals surface area contributed by atoms with Gasteiger partial charge in [0.15, 0.2) is 0 Å². The Morgan fingerprint density at radius 3 is 2.26 bits per heavy atom. The molecule has 1 aliphatic heterocycles. The SMILES string of the molecule is O=C(Cc1ccccn1)Nc1ccc(-c2ccc3ncc(N4CCN(c5cnccn5)CC4)nc3c2)cc1. The summed E-state index contributed by atoms with van der Waals surface area (Å²) < 4.78 is 0. The Labute approximate surface area is 220 Å². The molecule has 2 aromatic carbocycles. The largest absolute Gasteiger partial charge is 0.352 e. The number of carbonyl (C=O) groups excluding carboxylic acids is 1. The topological polar surface area (TPSA) is 100 Å². The maximum atomic E-state index is 12.4. The number of fused-ring (bicyclic) bond motifs is 1. The molecular weight excluding hydrogens is 476 g/mol. The number of amides is 1. The molecular formula is C29H26N8O. The van der Waals surface area contributed by atoms with Crippen LogP contribution < -0.4 is 15.1 Å². The van der Waals surface area contributed by atoms with E-state index in [9.17, 15) is 4.79 Å². The van der Waals surface area contributed by atoms with E-state index in [-0.39, 0.29) is 12.3 Å². The van der Waals surface area contributed by atoms with Crippen molar-refractivity contribution in [3.8, 4) is 11.1 Å². The van der Waals surface area contributed by atoms with Crippen molar-refractivity contribution in [2.24, 2.45) is 0 Å². The molecule has 4 heterocycles. The summed E-state index contributed by atoms with van der Waals surface area (Å²) in [5.74, 6) is 1.68. The summed E-state index contributed by atoms with van der Waals surface area (Å²) in [6, 6.07) is 19.5. The quantitative estimate of drug-likeness (QED) is 0.372. The second-order valence-electron chi connectivity index (χ2n) is 9.09. The van der Waals surface area contributed by atoms with Gasteiger partial charge in [-0.1, -0.05) is 24.3 Å². The molecule has 0 atom stereocenters. The second-order valence-corrected chi connectivity index (χ2v) is 9.09. The van der Waals surface area contributed by atoms with Gasteiger partial charge in [-0.15, -0.1) is 0 Å². The van der Waals surface area contributed by atoms with Crippen molar-refractivity contribution >= 4 is 34.3 Å². The molecule has 1 saturated heterocycles. The predicted octanol–water partition coefficient (Wildman–Crippen LogP) is 3.99. The number of anilines is 3. The molecule has 3 aromatic heterocycles. The number of hydrogen-bond donors (Lipinski definition) is 1. The number of rotatable bonds is 6. The van der Waals surface area contributed by atoms with E-state index in [1.54, 1.807) is 24.8 Å². The van der Waals surface area contributed by atoms with E-state index >= 15 is 0 Å². The van der Waals surface area contributed by atoms with Crippen LogP contribution in [0.15, 0.2) is 91.6 Å². The number of benzene rings is 2. The first-order valence-electron chi connectivity index (χ1n) is 12.5. The fourth-order valence-electron chi connectivity index (χ4n) is 4.57. The molecule has 0 unspecified atom stereocenters. The first-order valence-corrected chi connectivity index (χ1v) is 12.5. The van der Waals surface area contributed by atoms with Crippen molar-refractivity contribution in [1.82, 2.24) is 24.9 Å². The maximum Gasteiger partial charge on any atom is 0.230 e. The highest BCUT2D eigenvalue weighted by atomic mass is 16.1. The van der Waals surface area contributed by atoms with Gasteiger partial charge < -0.3 is 15.1 Å². The van der Waals surface area contributed by atoms with Gasteiger partial charge in [0.25, 0.3) is 0 Å². The first kappa shape index (κ1) is 23.5. The minimum atomic E-state index is -0.0949. The molecule has 1 aliphatic rings. The van der Waals surface area contributed by atoms with Crippen molar-refractivity contribution in [1.29, 1.82) is 0 Å². The van der Waals surface area contributed by atoms with E-state index in [0.717, 1.165) is 71.4 Å². The van der Waals surface area contributed by atoms with E-state index < -0.39 is 0 Å². The van der Waals surface area contributed by atoms with Crippen LogP contribution in [-0.4, -0.2) is 57.0 Å². The summed E-state index contributed by atoms with van der Waals surface area (Å²) in [6.45, 7) is 3.38. The normalized spacial score (nSPS) is 13.5. The van der Waals surface area contributed by atoms with Crippen LogP contribution in [0.4, 0.5) is 17.3 Å². The van der Waals surface area contributed by atoms with Gasteiger partial charge in [0.1, 0.15) is 11.6 Å². The average molecular weight is 503 g/mol. The summed E-state index contributed by atoms with van der Waals surface area (Å²) in [7, 11) is 0. The van der Waals surface area contributed by atoms with Gasteiger partial charge in [-0.3, -0.25) is 19.7 Å². The lowest BCUT2D eigenvalue weighted by molar-refractivity contribution is -0.115. The van der Waals surface area contributed by atoms with Crippen LogP contribution in [0.1, 0.15) is 5.69 Å². The molecule has 9 nitrogen and oxygen atoms in total. The monoisotopic (exact) mass is 502 g/mol. The molecule has 1 N–H and O–H groups in total. The fourth-order valence-corrected chi connectivity index (χ4v) is 4.57. The highest BCUT2D eigenvalue weighted by Crippen LogP contribution is 2.26. The van der Waals surface area contributed by atoms with E-state index in [2.05, 4.69) is 41.1 Å². The van der Waals surface area contributed by atoms with Gasteiger partial charge in [0.2, 0.25) is 5.91 Å². The summed E-state index contributed by atoms with van der Waals surface area (Å²) in [6.07, 6.45) is 9.00. The lowest BCUT2D eigenvalue weighted by atomic mass is 10.0. The molecule has 0 spiro atoms. The fraction of sp³-hybridized carbons (Fsp3) is 0.172. The Morgan fingerprint density at radius 1 is 0.737 bits per heavy atom. The number of aromatic nitrogens is 5. The molecule has 1 amide bonds. The zero-order chi connectivity index (χ0) is 25.7. The van der Waals surface area contributed by atoms with E-state index in [4.69, 9.17) is 4.98 Å². The molecule has 9 heteroatoms. The smallest absolute Gasteiger partial charge is 0.230 e. The average Bonchev–Trinajstić information content (AvgIpc) is 2.98. The molecule has 5 aromatic rings. The number of nitrogens with zero attached hydrogens (tertiary/aromatic N) is 7. The van der Waals surface area contributed by atoms with Crippen LogP contribution in [0.5, 0.6) is 0 Å². The summed E-state index contributed by atoms with van der Waals surface area (Å²) >= 11 is 0. The minimum absolute atomic E-state index is 0.0949. The van der Waals surface area contributed by atoms with Crippen LogP contribution >= 0.6 is 0 Å². The lowest BCUT2D eigenvalue weighted by Gasteiger charge is -2.35. The van der Waals surface area contributed by atoms with Gasteiger partial charge in [0, 0.05) is 56.2 Å². The van der Waals surface area contributed by atoms with E-state index in [1.807, 2.05) is 60.8 Å². The third-order valence-corrected chi connectivity index (χ3v) is 6.58. The number of piperazine rings is 1. The Balaban J connectivity index is 1.13. The van der Waals surface area contributed by atoms with Gasteiger partial charge >= 0.3 is 0 Å². The van der Waals surface area contributed by atoms with Crippen molar-refractivity contribution in [3.63, 3.8) is 0 Å². The Bertz CT molecular complexity index is 1540. The van der Waals surface area contributed by atoms with Gasteiger partial charge in [-0.25, -0.2) is 9.97 Å². The van der Waals surface area contributed by atoms with E-state index in [1.165, 1.54) is 0 Å². The van der Waals surface area contributed by atoms with Crippen LogP contribution in [0.3, 0.4) is 0 Å². The third kappa shape index (κ3) is 5.27. The van der Waals surface area contributed by atoms with Gasteiger partial charge in [-0.2, -0.15) is 0 Å². The van der Waals surface area contributed by atoms with Crippen LogP contribution in [-0.2, 0) is 11.2 Å². The Morgan fingerprint density at radius 2 is 1.53 bits per heavy atom. The summed E-state index contributed by atoms with van der Waals surface area (Å²) in [5.41, 5.74) is 5.28. The third-order valence-electron chi connectivity index (χ3n) is 6.58. The molecule has 38 heavy (non-hydrogen) atoms. The number of carbonyl (C=O) groups is 1. The lowest BCUT2D eigenvalue weighted by Crippen LogP contribution is -2.47. The molecule has 0 radical (unpaired) electrons. The zero-order valence-electron chi connectivity index (χ0n) is 20.7. The van der Waals surface area contributed by atoms with Crippen molar-refractivity contribution < 1.29 is 4.79 Å². The maximum absolute atomic E-state index is 12.4. The van der Waals surface area contributed by atoms with Crippen molar-refractivity contribution in [2.75, 3.05) is 41.3 Å². The molecule has 1 fully saturated rings. The zero-order valence-corrected chi connectivity index (χ0v) is 20.7. The van der Waals surface area contributed by atoms with Crippen molar-refractivity contribution in [2.45, 2.75) is 6.42 Å². The molecule has 188 valence electrons. The van der Waals surface area contributed by atoms with Crippen LogP contribution in [0.2, 0.25) is 0 Å². The van der Waals surface area contributed by atoms with Crippen LogP contribution in [0.25, 0.3) is 22.2 Å². The minimum Gasteiger partial charge on any atom is -0.352 e. The summed E-state index contributed by atoms with van der Waals surface area (Å²) in [5, 5.41) is 2.94. The van der Waals surface area contributed by atoms with Gasteiger partial charge in [0.05, 0.1) is 29.8 Å². The molecule has 0 bridgehead atoms. The van der Waals surface area contributed by atoms with Gasteiger partial charge in [-0.05, 0) is 47.5 Å². The number of hydrogen-bond acceptors (Lipinski definition) is 8. The number of nitrogens with one attached hydrogen (secondary N) is 1. The first-order chi connectivity index (χ1) is 18.7. The highest BCUT2D eigenvalue weighted by Gasteiger charge is 2.20. The standard InChI is InChI=1S/C29H26N8O/c38-29(18-24-3-1-2-10-31-24)34-23-7-4-21(5-8-23)22-6-9-25-26(17-22)35-28(20-33-25)37-15-13-36(14-16-37)27-19-30-11-12-32-27/h1-12,17,19-20H,13-16,18H2,(H,34,38). The second kappa shape index (κ2) is 10.6. The Kier molecular flexibility index (Phi) is 6.55. The molecule has 0 aliphatic carbocycles. The molecule has 6 rings (SSSR count). The predicted molar refractivity (Wildman–Crippen MR) is 148 cm³/mol. The molecule has 0 saturated carbocycles. The van der Waals surface area contributed by atoms with Crippen LogP contribution in [0, 0.1) is 0 Å². The highest BCUT2D eigenvalue weighted by molar-refractivity contribution is 5.92. The Hall–Kier alpha value is -4.92.